The third kappa shape index (κ3) is 17.3. The van der Waals surface area contributed by atoms with E-state index in [1.807, 2.05) is 0 Å². The van der Waals surface area contributed by atoms with E-state index >= 15 is 0 Å². The minimum Gasteiger partial charge on any atom is -0.309 e. The summed E-state index contributed by atoms with van der Waals surface area (Å²) >= 11 is 0. The van der Waals surface area contributed by atoms with E-state index in [2.05, 4.69) is 620 Å². The van der Waals surface area contributed by atoms with Crippen molar-refractivity contribution >= 4 is 162 Å². The van der Waals surface area contributed by atoms with Crippen molar-refractivity contribution in [3.63, 3.8) is 0 Å². The summed E-state index contributed by atoms with van der Waals surface area (Å²) in [6.45, 7) is 4.50. The lowest BCUT2D eigenvalue weighted by Crippen LogP contribution is -2.79. The molecule has 8 heteroatoms. The van der Waals surface area contributed by atoms with E-state index in [0.717, 1.165) is 12.8 Å². The minimum absolute atomic E-state index is 0.248. The van der Waals surface area contributed by atoms with Crippen LogP contribution in [0.25, 0.3) is 11.1 Å². The van der Waals surface area contributed by atoms with Crippen LogP contribution in [0, 0.1) is 13.8 Å². The average molecular weight is 1980 g/mol. The van der Waals surface area contributed by atoms with Gasteiger partial charge in [-0.15, -0.1) is 8.73 Å². The molecule has 3 aliphatic rings. The molecule has 0 nitrogen and oxygen atoms in total. The molecule has 2 aliphatic heterocycles. The van der Waals surface area contributed by atoms with Gasteiger partial charge >= 0.3 is 9.52 Å². The zero-order chi connectivity index (χ0) is 99.0. The Morgan fingerprint density at radius 3 is 0.628 bits per heavy atom. The summed E-state index contributed by atoms with van der Waals surface area (Å²) in [6.07, 6.45) is 2.09. The van der Waals surface area contributed by atoms with E-state index in [0.29, 0.717) is 0 Å². The highest BCUT2D eigenvalue weighted by Crippen LogP contribution is 2.56. The molecule has 0 aromatic heterocycles. The Balaban J connectivity index is 0.000000116. The number of aryl methyl sites for hydroxylation is 2. The van der Waals surface area contributed by atoms with E-state index in [1.54, 1.807) is 20.7 Å². The van der Waals surface area contributed by atoms with Crippen LogP contribution >= 0.6 is 8.73 Å². The second kappa shape index (κ2) is 43.4. The molecule has 22 aromatic carbocycles. The Kier molecular flexibility index (Phi) is 28.2. The maximum Gasteiger partial charge on any atom is 0.320 e. The van der Waals surface area contributed by atoms with Crippen LogP contribution in [0.2, 0.25) is 0 Å². The van der Waals surface area contributed by atoms with Crippen molar-refractivity contribution in [2.45, 2.75) is 32.1 Å². The van der Waals surface area contributed by atoms with Crippen molar-refractivity contribution in [2.75, 3.05) is 0 Å². The van der Waals surface area contributed by atoms with E-state index < -0.39 is 55.3 Å². The maximum atomic E-state index is 10.6. The molecular formula is C137H112FPSi6. The predicted octanol–water partition coefficient (Wildman–Crippen LogP) is 18.8. The molecular weight excluding hydrogens is 1860 g/mol. The number of hydrogen-bond donors (Lipinski definition) is 0. The quantitative estimate of drug-likeness (QED) is 0.0328. The molecule has 145 heavy (non-hydrogen) atoms. The van der Waals surface area contributed by atoms with Crippen molar-refractivity contribution < 1.29 is 4.11 Å². The van der Waals surface area contributed by atoms with Gasteiger partial charge in [-0.2, -0.15) is 0 Å². The van der Waals surface area contributed by atoms with Crippen LogP contribution in [0.4, 0.5) is 4.11 Å². The highest BCUT2D eigenvalue weighted by Gasteiger charge is 2.53. The molecule has 1 unspecified atom stereocenters. The number of rotatable bonds is 19. The Morgan fingerprint density at radius 2 is 0.386 bits per heavy atom. The van der Waals surface area contributed by atoms with Crippen molar-refractivity contribution in [1.29, 1.82) is 1.28 Å². The molecule has 0 bridgehead atoms. The second-order valence-corrected chi connectivity index (χ2v) is 57.4. The van der Waals surface area contributed by atoms with Gasteiger partial charge in [0.1, 0.15) is 0 Å². The van der Waals surface area contributed by atoms with Crippen LogP contribution in [-0.4, -0.2) is 51.2 Å². The Labute approximate surface area is 866 Å². The molecule has 0 fully saturated rings. The van der Waals surface area contributed by atoms with Crippen LogP contribution in [0.15, 0.2) is 607 Å². The van der Waals surface area contributed by atoms with E-state index in [9.17, 15) is 4.11 Å². The van der Waals surface area contributed by atoms with E-state index in [1.165, 1.54) is 150 Å². The normalized spacial score (nSPS) is 12.8. The molecule has 22 aromatic rings. The fourth-order valence-electron chi connectivity index (χ4n) is 24.6. The molecule has 0 saturated heterocycles. The monoisotopic (exact) mass is 1980 g/mol. The van der Waals surface area contributed by atoms with E-state index in [4.69, 9.17) is 1.28 Å². The van der Waals surface area contributed by atoms with Gasteiger partial charge in [0.25, 0.3) is 0 Å². The van der Waals surface area contributed by atoms with Gasteiger partial charge < -0.3 is 4.11 Å². The van der Waals surface area contributed by atoms with Crippen LogP contribution in [0.3, 0.4) is 0 Å². The molecule has 2 radical (unpaired) electrons. The lowest BCUT2D eigenvalue weighted by Gasteiger charge is -2.44. The first-order valence-electron chi connectivity index (χ1n) is 50.8. The molecule has 0 N–H and O–H groups in total. The SMILES string of the molecule is Cc1ccccc1[Si](c1ccccc1)(c1ccccc1)c1ccccc1C.[3H]P[Si]F.c1ccc(C2(c3ccc([Si](c4ccccc4)(c4ccccc4)c4ccccc4)cc3)c3ccccc3-c3ccccc32)cc1.c1ccc([Si](c2ccccc2)(c2ccccc2)c2ccc([Si](c3ccccc3)(c3ccccc3)c3ccccc3)cc2)cc1.c1ccc2c(c1)Cc1ccccc1[Si]21c2ccccc2Cc2ccccc21. The van der Waals surface area contributed by atoms with Crippen molar-refractivity contribution in [3.05, 3.63) is 662 Å². The molecule has 696 valence electrons. The largest absolute Gasteiger partial charge is 0.320 e. The number of fused-ring (bicyclic) bond motifs is 11. The zero-order valence-electron chi connectivity index (χ0n) is 82.5. The Morgan fingerprint density at radius 1 is 0.207 bits per heavy atom. The Bertz CT molecular complexity index is 7000. The molecule has 25 rings (SSSR count). The average Bonchev–Trinajstić information content (AvgIpc) is 1.17. The van der Waals surface area contributed by atoms with Crippen LogP contribution < -0.4 is 104 Å². The smallest absolute Gasteiger partial charge is 0.309 e. The lowest BCUT2D eigenvalue weighted by atomic mass is 9.68. The van der Waals surface area contributed by atoms with Gasteiger partial charge in [0, 0.05) is 0 Å². The second-order valence-electron chi connectivity index (χ2n) is 37.8. The number of benzene rings is 22. The third-order valence-electron chi connectivity index (χ3n) is 30.5. The summed E-state index contributed by atoms with van der Waals surface area (Å²) < 4.78 is 16.7. The number of hydrogen-bond acceptors (Lipinski definition) is 0. The molecule has 1 spiro atoms. The van der Waals surface area contributed by atoms with Gasteiger partial charge in [-0.1, -0.05) is 618 Å². The summed E-state index contributed by atoms with van der Waals surface area (Å²) in [7, 11) is -13.4. The maximum absolute atomic E-state index is 10.6. The van der Waals surface area contributed by atoms with Crippen molar-refractivity contribution in [2.24, 2.45) is 0 Å². The summed E-state index contributed by atoms with van der Waals surface area (Å²) in [5, 5.41) is 28.8. The first kappa shape index (κ1) is 94.4. The van der Waals surface area contributed by atoms with Crippen molar-refractivity contribution in [3.8, 4) is 11.1 Å². The topological polar surface area (TPSA) is 0 Å². The van der Waals surface area contributed by atoms with Gasteiger partial charge in [-0.3, -0.25) is 0 Å². The van der Waals surface area contributed by atoms with Crippen molar-refractivity contribution in [1.82, 2.24) is 0 Å². The molecule has 1 atom stereocenters. The lowest BCUT2D eigenvalue weighted by molar-refractivity contribution is 0.769. The van der Waals surface area contributed by atoms with Gasteiger partial charge in [-0.05, 0) is 186 Å². The summed E-state index contributed by atoms with van der Waals surface area (Å²) in [6, 6.07) is 226. The highest BCUT2D eigenvalue weighted by atomic mass is 31.3. The number of halogens is 1. The Hall–Kier alpha value is -15.5. The van der Waals surface area contributed by atoms with Crippen LogP contribution in [-0.2, 0) is 18.3 Å². The van der Waals surface area contributed by atoms with Gasteiger partial charge in [0.2, 0.25) is 0 Å². The minimum atomic E-state index is -2.61. The zero-order valence-corrected chi connectivity index (χ0v) is 88.5. The summed E-state index contributed by atoms with van der Waals surface area (Å²) in [5.74, 6) is 0. The molecule has 0 amide bonds. The fraction of sp³-hybridized carbons (Fsp3) is 0.0365. The third-order valence-corrected chi connectivity index (χ3v) is 55.2. The summed E-state index contributed by atoms with van der Waals surface area (Å²) in [5.41, 5.74) is 16.3. The fourth-order valence-corrected chi connectivity index (χ4v) is 49.9. The van der Waals surface area contributed by atoms with Crippen LogP contribution in [0.1, 0.15) is 55.6 Å². The molecule has 0 saturated carbocycles. The predicted molar refractivity (Wildman–Crippen MR) is 633 cm³/mol. The molecule has 2 heterocycles. The standard InChI is InChI=1S/C43H32Si.C42H34Si2.C26H20Si.C26H24Si.FH2PSi/c1-5-17-33(18-6-1)43(41-27-15-13-25-39(41)40-26-14-16-28-42(40)43)34-29-31-38(32-30-34)44(35-19-7-2-8-20-35,36-21-9-3-10-22-36)37-23-11-4-12-24-37;1-7-19-35(20-8-1)43(36-21-9-2-10-22-36,37-23-11-3-12-24-37)41-31-33-42(34-32-41)44(38-25-13-4-14-26-38,39-27-15-5-16-28-39)40-29-17-6-18-30-40;1-5-13-23-19(9-1)17-20-10-2-6-14-24(20)27(23)25-15-7-3-11-21(25)18-22-12-4-8-16-26(22)27;1-21-13-9-11-19-25(21)27(23-15-5-3-6-16-23,24-17-7-4-8-18-24)26-20-12-10-14-22(26)2;1-3-2/h1-32H;1-34H;1-16H,17-18H2;3-20H,1-2H3;2H2/i;;;;2T. The van der Waals surface area contributed by atoms with Crippen LogP contribution in [0.5, 0.6) is 0 Å². The highest BCUT2D eigenvalue weighted by molar-refractivity contribution is 7.54. The van der Waals surface area contributed by atoms with Gasteiger partial charge in [0.15, 0.2) is 40.4 Å². The molecule has 1 aliphatic carbocycles. The first-order valence-corrected chi connectivity index (χ1v) is 62.7. The van der Waals surface area contributed by atoms with E-state index in [-0.39, 0.29) is 8.73 Å². The summed E-state index contributed by atoms with van der Waals surface area (Å²) in [4.78, 5) is 0. The van der Waals surface area contributed by atoms with Gasteiger partial charge in [-0.25, -0.2) is 0 Å². The van der Waals surface area contributed by atoms with Gasteiger partial charge in [0.05, 0.1) is 6.69 Å². The first-order chi connectivity index (χ1) is 72.2.